The molecule has 158 valence electrons. The Labute approximate surface area is 190 Å². The minimum absolute atomic E-state index is 0. The number of halogens is 1. The molecule has 3 rings (SSSR count). The van der Waals surface area contributed by atoms with Gasteiger partial charge in [0.2, 0.25) is 5.91 Å². The predicted molar refractivity (Wildman–Crippen MR) is 127 cm³/mol. The normalized spacial score (nSPS) is 13.9. The van der Waals surface area contributed by atoms with E-state index in [1.54, 1.807) is 0 Å². The van der Waals surface area contributed by atoms with E-state index >= 15 is 0 Å². The van der Waals surface area contributed by atoms with E-state index in [1.165, 1.54) is 0 Å². The summed E-state index contributed by atoms with van der Waals surface area (Å²) in [6, 6.07) is 10.1. The molecule has 1 fully saturated rings. The van der Waals surface area contributed by atoms with Crippen LogP contribution in [0.2, 0.25) is 0 Å². The molecule has 2 heterocycles. The molecule has 0 atom stereocenters. The molecule has 1 aromatic heterocycles. The summed E-state index contributed by atoms with van der Waals surface area (Å²) >= 11 is 0. The van der Waals surface area contributed by atoms with E-state index in [0.717, 1.165) is 55.1 Å². The highest BCUT2D eigenvalue weighted by Crippen LogP contribution is 2.18. The van der Waals surface area contributed by atoms with Gasteiger partial charge in [-0.1, -0.05) is 18.2 Å². The van der Waals surface area contributed by atoms with Crippen LogP contribution in [-0.4, -0.2) is 52.7 Å². The van der Waals surface area contributed by atoms with Crippen molar-refractivity contribution in [2.75, 3.05) is 26.2 Å². The van der Waals surface area contributed by atoms with Crippen LogP contribution in [0.1, 0.15) is 36.7 Å². The van der Waals surface area contributed by atoms with Crippen LogP contribution >= 0.6 is 24.0 Å². The predicted octanol–water partition coefficient (Wildman–Crippen LogP) is 2.78. The number of nitrogens with one attached hydrogen (secondary N) is 2. The van der Waals surface area contributed by atoms with Gasteiger partial charge in [0.05, 0.1) is 24.5 Å². The molecule has 1 aliphatic heterocycles. The average molecular weight is 510 g/mol. The molecule has 7 nitrogen and oxygen atoms in total. The average Bonchev–Trinajstić information content (AvgIpc) is 3.34. The maximum atomic E-state index is 12.3. The zero-order chi connectivity index (χ0) is 19.9. The number of rotatable bonds is 6. The minimum Gasteiger partial charge on any atom is -0.357 e. The van der Waals surface area contributed by atoms with Gasteiger partial charge in [0.25, 0.3) is 0 Å². The first-order valence-corrected chi connectivity index (χ1v) is 10.0. The van der Waals surface area contributed by atoms with E-state index in [9.17, 15) is 4.79 Å². The highest BCUT2D eigenvalue weighted by molar-refractivity contribution is 14.0. The van der Waals surface area contributed by atoms with E-state index in [1.807, 2.05) is 53.8 Å². The maximum Gasteiger partial charge on any atom is 0.241 e. The number of likely N-dealkylation sites (tertiary alicyclic amines) is 1. The largest absolute Gasteiger partial charge is 0.357 e. The standard InChI is InChI=1S/C21H30N6O.HI/c1-4-22-21(24-15-20(28)26-12-8-9-13-26)23-14-19-16(2)25-27(17(19)3)18-10-6-5-7-11-18;/h5-7,10-11H,4,8-9,12-15H2,1-3H3,(H2,22,23,24);1H. The van der Waals surface area contributed by atoms with E-state index < -0.39 is 0 Å². The Hall–Kier alpha value is -2.10. The summed E-state index contributed by atoms with van der Waals surface area (Å²) in [5.74, 6) is 0.786. The van der Waals surface area contributed by atoms with Gasteiger partial charge in [-0.15, -0.1) is 24.0 Å². The minimum atomic E-state index is 0. The number of aryl methyl sites for hydroxylation is 1. The van der Waals surface area contributed by atoms with Crippen LogP contribution in [0.3, 0.4) is 0 Å². The number of aromatic nitrogens is 2. The van der Waals surface area contributed by atoms with Gasteiger partial charge >= 0.3 is 0 Å². The Morgan fingerprint density at radius 1 is 1.14 bits per heavy atom. The number of hydrogen-bond acceptors (Lipinski definition) is 3. The second kappa shape index (κ2) is 11.2. The third kappa shape index (κ3) is 5.94. The fraction of sp³-hybridized carbons (Fsp3) is 0.476. The lowest BCUT2D eigenvalue weighted by molar-refractivity contribution is -0.128. The molecule has 29 heavy (non-hydrogen) atoms. The molecule has 0 spiro atoms. The van der Waals surface area contributed by atoms with Crippen molar-refractivity contribution in [1.29, 1.82) is 0 Å². The van der Waals surface area contributed by atoms with Gasteiger partial charge in [-0.05, 0) is 45.7 Å². The Morgan fingerprint density at radius 3 is 2.48 bits per heavy atom. The zero-order valence-electron chi connectivity index (χ0n) is 17.4. The van der Waals surface area contributed by atoms with Crippen molar-refractivity contribution in [2.24, 2.45) is 4.99 Å². The Morgan fingerprint density at radius 2 is 1.83 bits per heavy atom. The number of guanidine groups is 1. The molecule has 1 amide bonds. The van der Waals surface area contributed by atoms with Crippen LogP contribution in [-0.2, 0) is 11.3 Å². The Bertz CT molecular complexity index is 827. The van der Waals surface area contributed by atoms with Gasteiger partial charge in [-0.2, -0.15) is 5.10 Å². The van der Waals surface area contributed by atoms with Gasteiger partial charge in [0.15, 0.2) is 5.96 Å². The summed E-state index contributed by atoms with van der Waals surface area (Å²) in [6.07, 6.45) is 2.20. The van der Waals surface area contributed by atoms with Crippen molar-refractivity contribution in [3.05, 3.63) is 47.3 Å². The van der Waals surface area contributed by atoms with Gasteiger partial charge in [0.1, 0.15) is 0 Å². The number of nitrogens with zero attached hydrogens (tertiary/aromatic N) is 4. The first-order chi connectivity index (χ1) is 13.6. The summed E-state index contributed by atoms with van der Waals surface area (Å²) in [7, 11) is 0. The summed E-state index contributed by atoms with van der Waals surface area (Å²) in [4.78, 5) is 18.9. The number of para-hydroxylation sites is 1. The highest BCUT2D eigenvalue weighted by atomic mass is 127. The molecule has 0 bridgehead atoms. The zero-order valence-corrected chi connectivity index (χ0v) is 19.8. The van der Waals surface area contributed by atoms with Gasteiger partial charge in [-0.25, -0.2) is 9.67 Å². The molecule has 8 heteroatoms. The van der Waals surface area contributed by atoms with Crippen molar-refractivity contribution in [1.82, 2.24) is 25.3 Å². The summed E-state index contributed by atoms with van der Waals surface area (Å²) in [6.45, 7) is 9.35. The van der Waals surface area contributed by atoms with Crippen molar-refractivity contribution in [2.45, 2.75) is 40.2 Å². The molecule has 1 aromatic carbocycles. The molecule has 1 saturated heterocycles. The van der Waals surface area contributed by atoms with Crippen LogP contribution < -0.4 is 10.6 Å². The van der Waals surface area contributed by atoms with Crippen molar-refractivity contribution in [3.8, 4) is 5.69 Å². The SMILES string of the molecule is CCNC(=NCc1c(C)nn(-c2ccccc2)c1C)NCC(=O)N1CCCC1.I. The smallest absolute Gasteiger partial charge is 0.241 e. The van der Waals surface area contributed by atoms with E-state index in [2.05, 4.69) is 27.6 Å². The van der Waals surface area contributed by atoms with Crippen LogP contribution in [0, 0.1) is 13.8 Å². The maximum absolute atomic E-state index is 12.3. The summed E-state index contributed by atoms with van der Waals surface area (Å²) < 4.78 is 1.96. The van der Waals surface area contributed by atoms with Crippen LogP contribution in [0.5, 0.6) is 0 Å². The van der Waals surface area contributed by atoms with Gasteiger partial charge in [0, 0.05) is 30.9 Å². The lowest BCUT2D eigenvalue weighted by atomic mass is 10.2. The molecular formula is C21H31IN6O. The molecule has 1 aliphatic rings. The number of carbonyl (C=O) groups is 1. The first kappa shape index (κ1) is 23.2. The molecule has 0 aliphatic carbocycles. The quantitative estimate of drug-likeness (QED) is 0.356. The number of carbonyl (C=O) groups excluding carboxylic acids is 1. The number of aliphatic imine (C=N–C) groups is 1. The first-order valence-electron chi connectivity index (χ1n) is 10.0. The molecular weight excluding hydrogens is 479 g/mol. The van der Waals surface area contributed by atoms with Gasteiger partial charge < -0.3 is 15.5 Å². The van der Waals surface area contributed by atoms with Crippen molar-refractivity contribution in [3.63, 3.8) is 0 Å². The molecule has 0 unspecified atom stereocenters. The molecule has 0 saturated carbocycles. The van der Waals surface area contributed by atoms with Crippen LogP contribution in [0.4, 0.5) is 0 Å². The molecule has 2 N–H and O–H groups in total. The molecule has 0 radical (unpaired) electrons. The van der Waals surface area contributed by atoms with Crippen LogP contribution in [0.15, 0.2) is 35.3 Å². The van der Waals surface area contributed by atoms with E-state index in [0.29, 0.717) is 12.5 Å². The number of amides is 1. The number of benzene rings is 1. The highest BCUT2D eigenvalue weighted by Gasteiger charge is 2.18. The Kier molecular flexibility index (Phi) is 8.94. The lowest BCUT2D eigenvalue weighted by Gasteiger charge is -2.17. The van der Waals surface area contributed by atoms with Gasteiger partial charge in [-0.3, -0.25) is 4.79 Å². The fourth-order valence-electron chi connectivity index (χ4n) is 3.46. The third-order valence-corrected chi connectivity index (χ3v) is 5.05. The third-order valence-electron chi connectivity index (χ3n) is 5.05. The Balaban J connectivity index is 0.00000300. The number of hydrogen-bond donors (Lipinski definition) is 2. The lowest BCUT2D eigenvalue weighted by Crippen LogP contribution is -2.44. The van der Waals surface area contributed by atoms with E-state index in [-0.39, 0.29) is 36.4 Å². The van der Waals surface area contributed by atoms with E-state index in [4.69, 9.17) is 0 Å². The summed E-state index contributed by atoms with van der Waals surface area (Å²) in [5, 5.41) is 11.1. The van der Waals surface area contributed by atoms with Crippen LogP contribution in [0.25, 0.3) is 5.69 Å². The fourth-order valence-corrected chi connectivity index (χ4v) is 3.46. The topological polar surface area (TPSA) is 74.5 Å². The molecule has 2 aromatic rings. The monoisotopic (exact) mass is 510 g/mol. The second-order valence-corrected chi connectivity index (χ2v) is 7.03. The van der Waals surface area contributed by atoms with Crippen molar-refractivity contribution >= 4 is 35.8 Å². The second-order valence-electron chi connectivity index (χ2n) is 7.03. The van der Waals surface area contributed by atoms with Crippen molar-refractivity contribution < 1.29 is 4.79 Å². The summed E-state index contributed by atoms with van der Waals surface area (Å²) in [5.41, 5.74) is 4.19.